The van der Waals surface area contributed by atoms with E-state index < -0.39 is 0 Å². The molecule has 0 radical (unpaired) electrons. The van der Waals surface area contributed by atoms with E-state index in [-0.39, 0.29) is 6.04 Å². The van der Waals surface area contributed by atoms with Crippen molar-refractivity contribution in [3.63, 3.8) is 0 Å². The fraction of sp³-hybridized carbons (Fsp3) is 0.467. The van der Waals surface area contributed by atoms with Gasteiger partial charge in [-0.3, -0.25) is 0 Å². The average Bonchev–Trinajstić information content (AvgIpc) is 2.76. The van der Waals surface area contributed by atoms with E-state index in [2.05, 4.69) is 48.6 Å². The molecule has 19 heavy (non-hydrogen) atoms. The zero-order valence-corrected chi connectivity index (χ0v) is 12.6. The standard InChI is InChI=1S/C15H21N3S/c1-4-5-14-15(19-18-17-14)13(16)9-12-7-10(2)6-11(3)8-12/h6-8,13H,4-5,9,16H2,1-3H3. The van der Waals surface area contributed by atoms with E-state index in [1.165, 1.54) is 28.2 Å². The largest absolute Gasteiger partial charge is 0.323 e. The second kappa shape index (κ2) is 6.26. The Hall–Kier alpha value is -1.26. The molecule has 2 N–H and O–H groups in total. The summed E-state index contributed by atoms with van der Waals surface area (Å²) in [7, 11) is 0. The van der Waals surface area contributed by atoms with E-state index in [4.69, 9.17) is 5.73 Å². The minimum atomic E-state index is 0.00255. The van der Waals surface area contributed by atoms with Crippen LogP contribution in [0.2, 0.25) is 0 Å². The molecular formula is C15H21N3S. The fourth-order valence-electron chi connectivity index (χ4n) is 2.44. The number of hydrogen-bond acceptors (Lipinski definition) is 4. The number of rotatable bonds is 5. The van der Waals surface area contributed by atoms with E-state index in [0.29, 0.717) is 0 Å². The van der Waals surface area contributed by atoms with E-state index in [1.54, 1.807) is 0 Å². The highest BCUT2D eigenvalue weighted by Crippen LogP contribution is 2.23. The molecular weight excluding hydrogens is 254 g/mol. The van der Waals surface area contributed by atoms with Crippen molar-refractivity contribution in [2.24, 2.45) is 5.73 Å². The normalized spacial score (nSPS) is 12.6. The van der Waals surface area contributed by atoms with Gasteiger partial charge in [0, 0.05) is 6.04 Å². The molecule has 4 heteroatoms. The Labute approximate surface area is 119 Å². The number of aryl methyl sites for hydroxylation is 3. The molecule has 2 rings (SSSR count). The van der Waals surface area contributed by atoms with Gasteiger partial charge >= 0.3 is 0 Å². The van der Waals surface area contributed by atoms with Crippen molar-refractivity contribution in [3.8, 4) is 0 Å². The number of nitrogens with two attached hydrogens (primary N) is 1. The third kappa shape index (κ3) is 3.61. The maximum absolute atomic E-state index is 6.33. The zero-order valence-electron chi connectivity index (χ0n) is 11.8. The first-order chi connectivity index (χ1) is 9.10. The van der Waals surface area contributed by atoms with Crippen LogP contribution in [0.1, 0.15) is 46.6 Å². The third-order valence-electron chi connectivity index (χ3n) is 3.15. The van der Waals surface area contributed by atoms with Gasteiger partial charge in [0.15, 0.2) is 0 Å². The van der Waals surface area contributed by atoms with Crippen LogP contribution in [0, 0.1) is 13.8 Å². The lowest BCUT2D eigenvalue weighted by Crippen LogP contribution is -2.14. The van der Waals surface area contributed by atoms with Crippen molar-refractivity contribution in [2.75, 3.05) is 0 Å². The molecule has 0 aliphatic heterocycles. The van der Waals surface area contributed by atoms with Crippen LogP contribution in [0.5, 0.6) is 0 Å². The minimum Gasteiger partial charge on any atom is -0.323 e. The highest BCUT2D eigenvalue weighted by Gasteiger charge is 2.15. The Balaban J connectivity index is 2.15. The molecule has 0 spiro atoms. The molecule has 1 unspecified atom stereocenters. The summed E-state index contributed by atoms with van der Waals surface area (Å²) < 4.78 is 4.05. The lowest BCUT2D eigenvalue weighted by Gasteiger charge is -2.12. The lowest BCUT2D eigenvalue weighted by atomic mass is 10.00. The number of nitrogens with zero attached hydrogens (tertiary/aromatic N) is 2. The second-order valence-electron chi connectivity index (χ2n) is 5.14. The van der Waals surface area contributed by atoms with E-state index in [1.807, 2.05) is 0 Å². The summed E-state index contributed by atoms with van der Waals surface area (Å²) in [6.07, 6.45) is 2.89. The van der Waals surface area contributed by atoms with Crippen LogP contribution in [0.3, 0.4) is 0 Å². The monoisotopic (exact) mass is 275 g/mol. The van der Waals surface area contributed by atoms with E-state index in [0.717, 1.165) is 29.8 Å². The smallest absolute Gasteiger partial charge is 0.0803 e. The van der Waals surface area contributed by atoms with Crippen LogP contribution in [-0.4, -0.2) is 9.59 Å². The van der Waals surface area contributed by atoms with Gasteiger partial charge in [-0.25, -0.2) is 0 Å². The summed E-state index contributed by atoms with van der Waals surface area (Å²) in [5.41, 5.74) is 11.3. The van der Waals surface area contributed by atoms with E-state index in [9.17, 15) is 0 Å². The Morgan fingerprint density at radius 2 is 1.89 bits per heavy atom. The first-order valence-electron chi connectivity index (χ1n) is 6.74. The molecule has 1 atom stereocenters. The molecule has 1 aromatic heterocycles. The number of hydrogen-bond donors (Lipinski definition) is 1. The topological polar surface area (TPSA) is 51.8 Å². The highest BCUT2D eigenvalue weighted by atomic mass is 32.1. The predicted octanol–water partition coefficient (Wildman–Crippen LogP) is 3.35. The van der Waals surface area contributed by atoms with Crippen LogP contribution < -0.4 is 5.73 Å². The van der Waals surface area contributed by atoms with Gasteiger partial charge in [0.1, 0.15) is 0 Å². The summed E-state index contributed by atoms with van der Waals surface area (Å²) in [6.45, 7) is 6.40. The molecule has 0 bridgehead atoms. The minimum absolute atomic E-state index is 0.00255. The first-order valence-corrected chi connectivity index (χ1v) is 7.51. The summed E-state index contributed by atoms with van der Waals surface area (Å²) in [6, 6.07) is 6.61. The Morgan fingerprint density at radius 3 is 2.53 bits per heavy atom. The molecule has 102 valence electrons. The molecule has 0 aliphatic carbocycles. The van der Waals surface area contributed by atoms with Gasteiger partial charge in [0.2, 0.25) is 0 Å². The van der Waals surface area contributed by atoms with Crippen LogP contribution in [0.15, 0.2) is 18.2 Å². The van der Waals surface area contributed by atoms with Crippen LogP contribution in [0.4, 0.5) is 0 Å². The van der Waals surface area contributed by atoms with Gasteiger partial charge in [0.05, 0.1) is 10.6 Å². The maximum atomic E-state index is 6.33. The summed E-state index contributed by atoms with van der Waals surface area (Å²) in [4.78, 5) is 1.14. The van der Waals surface area contributed by atoms with Crippen molar-refractivity contribution < 1.29 is 0 Å². The van der Waals surface area contributed by atoms with Gasteiger partial charge in [-0.1, -0.05) is 47.2 Å². The van der Waals surface area contributed by atoms with Gasteiger partial charge in [-0.15, -0.1) is 5.10 Å². The number of benzene rings is 1. The summed E-state index contributed by atoms with van der Waals surface area (Å²) in [5.74, 6) is 0. The molecule has 0 saturated heterocycles. The van der Waals surface area contributed by atoms with Crippen molar-refractivity contribution in [3.05, 3.63) is 45.5 Å². The van der Waals surface area contributed by atoms with Crippen molar-refractivity contribution in [1.29, 1.82) is 0 Å². The SMILES string of the molecule is CCCc1nnsc1C(N)Cc1cc(C)cc(C)c1. The van der Waals surface area contributed by atoms with Crippen LogP contribution >= 0.6 is 11.5 Å². The Morgan fingerprint density at radius 1 is 1.21 bits per heavy atom. The molecule has 0 aliphatic rings. The quantitative estimate of drug-likeness (QED) is 0.910. The average molecular weight is 275 g/mol. The molecule has 0 fully saturated rings. The van der Waals surface area contributed by atoms with Crippen molar-refractivity contribution in [1.82, 2.24) is 9.59 Å². The maximum Gasteiger partial charge on any atom is 0.0803 e. The molecule has 1 heterocycles. The van der Waals surface area contributed by atoms with Crippen molar-refractivity contribution in [2.45, 2.75) is 46.1 Å². The molecule has 3 nitrogen and oxygen atoms in total. The lowest BCUT2D eigenvalue weighted by molar-refractivity contribution is 0.714. The van der Waals surface area contributed by atoms with Crippen LogP contribution in [-0.2, 0) is 12.8 Å². The van der Waals surface area contributed by atoms with Gasteiger partial charge in [-0.2, -0.15) is 0 Å². The van der Waals surface area contributed by atoms with Gasteiger partial charge in [0.25, 0.3) is 0 Å². The Kier molecular flexibility index (Phi) is 4.66. The van der Waals surface area contributed by atoms with Crippen LogP contribution in [0.25, 0.3) is 0 Å². The first kappa shape index (κ1) is 14.2. The Bertz CT molecular complexity index is 528. The van der Waals surface area contributed by atoms with Gasteiger partial charge in [-0.05, 0) is 43.8 Å². The fourth-order valence-corrected chi connectivity index (χ4v) is 3.14. The second-order valence-corrected chi connectivity index (χ2v) is 5.93. The molecule has 1 aromatic carbocycles. The molecule has 0 saturated carbocycles. The van der Waals surface area contributed by atoms with Gasteiger partial charge < -0.3 is 5.73 Å². The molecule has 0 amide bonds. The number of aromatic nitrogens is 2. The zero-order chi connectivity index (χ0) is 13.8. The highest BCUT2D eigenvalue weighted by molar-refractivity contribution is 7.05. The summed E-state index contributed by atoms with van der Waals surface area (Å²) in [5, 5.41) is 4.19. The predicted molar refractivity (Wildman–Crippen MR) is 80.5 cm³/mol. The molecule has 2 aromatic rings. The summed E-state index contributed by atoms with van der Waals surface area (Å²) >= 11 is 1.44. The van der Waals surface area contributed by atoms with E-state index >= 15 is 0 Å². The van der Waals surface area contributed by atoms with Crippen molar-refractivity contribution >= 4 is 11.5 Å². The third-order valence-corrected chi connectivity index (χ3v) is 4.04.